The van der Waals surface area contributed by atoms with Crippen molar-refractivity contribution >= 4 is 47.8 Å². The van der Waals surface area contributed by atoms with Crippen LogP contribution in [0.3, 0.4) is 0 Å². The van der Waals surface area contributed by atoms with E-state index in [1.807, 2.05) is 32.5 Å². The third kappa shape index (κ3) is 10.2. The lowest BCUT2D eigenvalue weighted by molar-refractivity contribution is 0.0302. The number of halogens is 1. The molecule has 0 aromatic rings. The van der Waals surface area contributed by atoms with Crippen molar-refractivity contribution in [3.63, 3.8) is 0 Å². The van der Waals surface area contributed by atoms with Gasteiger partial charge in [-0.15, -0.1) is 24.0 Å². The van der Waals surface area contributed by atoms with Gasteiger partial charge in [0.1, 0.15) is 5.60 Å². The van der Waals surface area contributed by atoms with Crippen LogP contribution >= 0.6 is 35.7 Å². The highest BCUT2D eigenvalue weighted by molar-refractivity contribution is 14.0. The van der Waals surface area contributed by atoms with Gasteiger partial charge in [-0.2, -0.15) is 11.8 Å². The van der Waals surface area contributed by atoms with Crippen LogP contribution in [0.4, 0.5) is 4.79 Å². The minimum Gasteiger partial charge on any atom is -0.444 e. The van der Waals surface area contributed by atoms with Crippen LogP contribution in [0.5, 0.6) is 0 Å². The number of hydrogen-bond donors (Lipinski definition) is 2. The van der Waals surface area contributed by atoms with Crippen molar-refractivity contribution in [3.8, 4) is 0 Å². The Morgan fingerprint density at radius 1 is 1.39 bits per heavy atom. The Kier molecular flexibility index (Phi) is 11.0. The number of guanidine groups is 1. The number of thioether (sulfide) groups is 1. The van der Waals surface area contributed by atoms with Gasteiger partial charge in [-0.1, -0.05) is 0 Å². The van der Waals surface area contributed by atoms with E-state index in [-0.39, 0.29) is 30.1 Å². The van der Waals surface area contributed by atoms with Crippen LogP contribution in [0.2, 0.25) is 0 Å². The minimum atomic E-state index is -0.463. The van der Waals surface area contributed by atoms with Gasteiger partial charge >= 0.3 is 6.09 Å². The van der Waals surface area contributed by atoms with Crippen molar-refractivity contribution < 1.29 is 9.53 Å². The average molecular weight is 458 g/mol. The third-order valence-corrected chi connectivity index (χ3v) is 4.59. The van der Waals surface area contributed by atoms with E-state index in [2.05, 4.69) is 15.6 Å². The summed E-state index contributed by atoms with van der Waals surface area (Å²) in [5, 5.41) is 7.24. The molecule has 136 valence electrons. The summed E-state index contributed by atoms with van der Waals surface area (Å²) in [4.78, 5) is 17.6. The first-order chi connectivity index (χ1) is 10.3. The highest BCUT2D eigenvalue weighted by Gasteiger charge is 2.19. The Labute approximate surface area is 161 Å². The Bertz CT molecular complexity index is 382. The molecule has 2 N–H and O–H groups in total. The van der Waals surface area contributed by atoms with Crippen molar-refractivity contribution in [2.45, 2.75) is 44.5 Å². The molecule has 1 aliphatic rings. The second-order valence-corrected chi connectivity index (χ2v) is 7.83. The predicted molar refractivity (Wildman–Crippen MR) is 109 cm³/mol. The lowest BCUT2D eigenvalue weighted by atomic mass is 10.2. The van der Waals surface area contributed by atoms with Gasteiger partial charge in [0.15, 0.2) is 5.96 Å². The van der Waals surface area contributed by atoms with E-state index in [1.54, 1.807) is 19.0 Å². The summed E-state index contributed by atoms with van der Waals surface area (Å²) in [6.07, 6.45) is 2.28. The molecule has 1 fully saturated rings. The molecular formula is C15H31IN4O2S. The van der Waals surface area contributed by atoms with E-state index in [0.29, 0.717) is 18.3 Å². The first kappa shape index (κ1) is 22.6. The molecule has 1 saturated heterocycles. The zero-order valence-corrected chi connectivity index (χ0v) is 18.0. The van der Waals surface area contributed by atoms with Gasteiger partial charge in [0.2, 0.25) is 0 Å². The molecule has 1 aliphatic heterocycles. The van der Waals surface area contributed by atoms with E-state index in [4.69, 9.17) is 4.74 Å². The fraction of sp³-hybridized carbons (Fsp3) is 0.867. The molecule has 8 heteroatoms. The van der Waals surface area contributed by atoms with E-state index in [1.165, 1.54) is 18.6 Å². The van der Waals surface area contributed by atoms with E-state index in [0.717, 1.165) is 12.5 Å². The van der Waals surface area contributed by atoms with Crippen LogP contribution in [0.25, 0.3) is 0 Å². The predicted octanol–water partition coefficient (Wildman–Crippen LogP) is 2.53. The minimum absolute atomic E-state index is 0. The number of nitrogens with one attached hydrogen (secondary N) is 2. The number of carbonyl (C=O) groups is 1. The van der Waals surface area contributed by atoms with Crippen molar-refractivity contribution in [1.82, 2.24) is 15.5 Å². The zero-order valence-electron chi connectivity index (χ0n) is 14.8. The standard InChI is InChI=1S/C15H30N4O2S.HI/c1-15(2,3)21-14(20)19(5)9-8-17-13(16-4)18-11-12-7-6-10-22-12;/h12H,6-11H2,1-5H3,(H2,16,17,18);1H. The van der Waals surface area contributed by atoms with Crippen LogP contribution in [0, 0.1) is 0 Å². The largest absolute Gasteiger partial charge is 0.444 e. The summed E-state index contributed by atoms with van der Waals surface area (Å²) in [5.74, 6) is 2.05. The molecule has 0 aromatic heterocycles. The molecule has 0 radical (unpaired) electrons. The molecule has 1 unspecified atom stereocenters. The number of aliphatic imine (C=N–C) groups is 1. The number of amides is 1. The summed E-state index contributed by atoms with van der Waals surface area (Å²) < 4.78 is 5.31. The van der Waals surface area contributed by atoms with Crippen LogP contribution < -0.4 is 10.6 Å². The summed E-state index contributed by atoms with van der Waals surface area (Å²) in [6, 6.07) is 0. The molecule has 0 bridgehead atoms. The third-order valence-electron chi connectivity index (χ3n) is 3.19. The zero-order chi connectivity index (χ0) is 16.6. The molecule has 0 spiro atoms. The molecule has 6 nitrogen and oxygen atoms in total. The van der Waals surface area contributed by atoms with Gasteiger partial charge in [-0.05, 0) is 39.4 Å². The van der Waals surface area contributed by atoms with E-state index >= 15 is 0 Å². The van der Waals surface area contributed by atoms with E-state index in [9.17, 15) is 4.79 Å². The summed E-state index contributed by atoms with van der Waals surface area (Å²) in [5.41, 5.74) is -0.463. The van der Waals surface area contributed by atoms with Gasteiger partial charge in [0.25, 0.3) is 0 Å². The molecule has 1 rings (SSSR count). The first-order valence-electron chi connectivity index (χ1n) is 7.82. The summed E-state index contributed by atoms with van der Waals surface area (Å²) in [7, 11) is 3.50. The Balaban J connectivity index is 0.00000484. The number of ether oxygens (including phenoxy) is 1. The van der Waals surface area contributed by atoms with Crippen molar-refractivity contribution in [2.75, 3.05) is 39.5 Å². The second kappa shape index (κ2) is 11.2. The number of carbonyl (C=O) groups excluding carboxylic acids is 1. The van der Waals surface area contributed by atoms with Gasteiger partial charge in [0, 0.05) is 39.0 Å². The summed E-state index contributed by atoms with van der Waals surface area (Å²) >= 11 is 2.02. The summed E-state index contributed by atoms with van der Waals surface area (Å²) in [6.45, 7) is 7.73. The molecule has 0 aromatic carbocycles. The van der Waals surface area contributed by atoms with Crippen LogP contribution in [0.1, 0.15) is 33.6 Å². The molecular weight excluding hydrogens is 427 g/mol. The van der Waals surface area contributed by atoms with Crippen LogP contribution in [-0.4, -0.2) is 67.3 Å². The number of hydrogen-bond acceptors (Lipinski definition) is 4. The lowest BCUT2D eigenvalue weighted by Gasteiger charge is -2.25. The van der Waals surface area contributed by atoms with Crippen molar-refractivity contribution in [3.05, 3.63) is 0 Å². The molecule has 23 heavy (non-hydrogen) atoms. The number of nitrogens with zero attached hydrogens (tertiary/aromatic N) is 2. The van der Waals surface area contributed by atoms with Crippen molar-refractivity contribution in [1.29, 1.82) is 0 Å². The lowest BCUT2D eigenvalue weighted by Crippen LogP contribution is -2.44. The first-order valence-corrected chi connectivity index (χ1v) is 8.87. The molecule has 0 aliphatic carbocycles. The topological polar surface area (TPSA) is 66.0 Å². The monoisotopic (exact) mass is 458 g/mol. The smallest absolute Gasteiger partial charge is 0.410 e. The highest BCUT2D eigenvalue weighted by Crippen LogP contribution is 2.25. The number of likely N-dealkylation sites (N-methyl/N-ethyl adjacent to an activating group) is 1. The average Bonchev–Trinajstić information content (AvgIpc) is 2.93. The number of rotatable bonds is 5. The highest BCUT2D eigenvalue weighted by atomic mass is 127. The van der Waals surface area contributed by atoms with Gasteiger partial charge in [0.05, 0.1) is 0 Å². The molecule has 0 saturated carbocycles. The van der Waals surface area contributed by atoms with Crippen LogP contribution in [-0.2, 0) is 4.74 Å². The van der Waals surface area contributed by atoms with Crippen LogP contribution in [0.15, 0.2) is 4.99 Å². The van der Waals surface area contributed by atoms with E-state index < -0.39 is 5.60 Å². The maximum Gasteiger partial charge on any atom is 0.410 e. The normalized spacial score (nSPS) is 18.1. The fourth-order valence-corrected chi connectivity index (χ4v) is 3.21. The molecule has 1 amide bonds. The maximum absolute atomic E-state index is 11.8. The second-order valence-electron chi connectivity index (χ2n) is 6.42. The molecule has 1 atom stereocenters. The Morgan fingerprint density at radius 2 is 2.09 bits per heavy atom. The Morgan fingerprint density at radius 3 is 2.61 bits per heavy atom. The molecule has 1 heterocycles. The van der Waals surface area contributed by atoms with Crippen molar-refractivity contribution in [2.24, 2.45) is 4.99 Å². The quantitative estimate of drug-likeness (QED) is 0.377. The Hall–Kier alpha value is -0.380. The SMILES string of the molecule is CN=C(NCCN(C)C(=O)OC(C)(C)C)NCC1CCCS1.I. The maximum atomic E-state index is 11.8. The van der Waals surface area contributed by atoms with Gasteiger partial charge in [-0.3, -0.25) is 4.99 Å². The van der Waals surface area contributed by atoms with Gasteiger partial charge in [-0.25, -0.2) is 4.79 Å². The van der Waals surface area contributed by atoms with Gasteiger partial charge < -0.3 is 20.3 Å². The fourth-order valence-electron chi connectivity index (χ4n) is 2.01.